The van der Waals surface area contributed by atoms with Gasteiger partial charge in [0.1, 0.15) is 4.88 Å². The first-order valence-corrected chi connectivity index (χ1v) is 5.79. The van der Waals surface area contributed by atoms with Crippen LogP contribution in [0.2, 0.25) is 0 Å². The van der Waals surface area contributed by atoms with Crippen LogP contribution in [0, 0.1) is 0 Å². The molecule has 0 aliphatic heterocycles. The Labute approximate surface area is 97.7 Å². The van der Waals surface area contributed by atoms with Crippen LogP contribution in [-0.2, 0) is 0 Å². The predicted octanol–water partition coefficient (Wildman–Crippen LogP) is 1.55. The number of anilines is 1. The fourth-order valence-electron chi connectivity index (χ4n) is 1.02. The molecule has 0 saturated heterocycles. The number of rotatable bonds is 3. The van der Waals surface area contributed by atoms with Crippen molar-refractivity contribution in [1.29, 1.82) is 0 Å². The Morgan fingerprint density at radius 3 is 2.88 bits per heavy atom. The van der Waals surface area contributed by atoms with Crippen LogP contribution >= 0.6 is 22.9 Å². The van der Waals surface area contributed by atoms with Gasteiger partial charge in [-0.15, -0.1) is 16.4 Å². The number of nitrogens with zero attached hydrogens (tertiary/aromatic N) is 2. The lowest BCUT2D eigenvalue weighted by molar-refractivity contribution is 0.0703. The van der Waals surface area contributed by atoms with Crippen LogP contribution in [0.15, 0.2) is 16.8 Å². The lowest BCUT2D eigenvalue weighted by Crippen LogP contribution is -2.13. The van der Waals surface area contributed by atoms with Gasteiger partial charge in [-0.3, -0.25) is 4.79 Å². The van der Waals surface area contributed by atoms with Gasteiger partial charge in [0.25, 0.3) is 5.91 Å². The van der Waals surface area contributed by atoms with Crippen LogP contribution in [0.1, 0.15) is 20.2 Å². The molecule has 2 heterocycles. The molecule has 2 rings (SSSR count). The van der Waals surface area contributed by atoms with Gasteiger partial charge in [0.15, 0.2) is 5.69 Å². The summed E-state index contributed by atoms with van der Waals surface area (Å²) in [6.45, 7) is 0. The van der Waals surface area contributed by atoms with E-state index in [1.54, 1.807) is 5.38 Å². The number of carboxylic acid groups (broad SMARTS) is 1. The van der Waals surface area contributed by atoms with Crippen LogP contribution in [0.5, 0.6) is 0 Å². The zero-order chi connectivity index (χ0) is 11.5. The topological polar surface area (TPSA) is 92.2 Å². The van der Waals surface area contributed by atoms with Crippen molar-refractivity contribution in [1.82, 2.24) is 9.59 Å². The number of thiophene rings is 1. The van der Waals surface area contributed by atoms with Gasteiger partial charge in [-0.1, -0.05) is 4.49 Å². The summed E-state index contributed by atoms with van der Waals surface area (Å²) in [4.78, 5) is 22.4. The molecule has 0 aliphatic carbocycles. The zero-order valence-corrected chi connectivity index (χ0v) is 9.34. The number of hydrogen-bond acceptors (Lipinski definition) is 6. The highest BCUT2D eigenvalue weighted by Crippen LogP contribution is 2.22. The Hall–Kier alpha value is -1.80. The van der Waals surface area contributed by atoms with Gasteiger partial charge < -0.3 is 10.4 Å². The molecule has 8 heteroatoms. The van der Waals surface area contributed by atoms with E-state index in [0.29, 0.717) is 0 Å². The fraction of sp³-hybridized carbons (Fsp3) is 0. The molecule has 0 radical (unpaired) electrons. The van der Waals surface area contributed by atoms with Gasteiger partial charge in [-0.2, -0.15) is 0 Å². The lowest BCUT2D eigenvalue weighted by atomic mass is 10.3. The Bertz CT molecular complexity index is 520. The second kappa shape index (κ2) is 4.37. The second-order valence-corrected chi connectivity index (χ2v) is 4.24. The van der Waals surface area contributed by atoms with E-state index in [4.69, 9.17) is 5.11 Å². The molecule has 1 amide bonds. The van der Waals surface area contributed by atoms with Crippen LogP contribution in [0.25, 0.3) is 0 Å². The monoisotopic (exact) mass is 255 g/mol. The molecular weight excluding hydrogens is 250 g/mol. The Balaban J connectivity index is 2.18. The third-order valence-electron chi connectivity index (χ3n) is 1.70. The number of aromatic carboxylic acids is 1. The standard InChI is InChI=1S/C8H5N3O3S2/c12-7(5-3-16-11-10-5)9-4-1-2-15-6(4)8(13)14/h1-3H,(H,9,12)(H,13,14). The third-order valence-corrected chi connectivity index (χ3v) is 3.11. The largest absolute Gasteiger partial charge is 0.477 e. The molecule has 0 fully saturated rings. The number of aromatic nitrogens is 2. The average Bonchev–Trinajstić information content (AvgIpc) is 2.86. The number of carboxylic acids is 1. The molecule has 2 aromatic rings. The molecule has 0 atom stereocenters. The maximum atomic E-state index is 11.6. The Morgan fingerprint density at radius 2 is 2.25 bits per heavy atom. The van der Waals surface area contributed by atoms with Crippen molar-refractivity contribution >= 4 is 40.4 Å². The van der Waals surface area contributed by atoms with Crippen LogP contribution in [0.4, 0.5) is 5.69 Å². The van der Waals surface area contributed by atoms with E-state index in [9.17, 15) is 9.59 Å². The Kier molecular flexibility index (Phi) is 2.93. The first-order valence-electron chi connectivity index (χ1n) is 4.07. The number of carbonyl (C=O) groups is 2. The molecule has 16 heavy (non-hydrogen) atoms. The van der Waals surface area contributed by atoms with Crippen molar-refractivity contribution in [3.05, 3.63) is 27.4 Å². The van der Waals surface area contributed by atoms with Crippen LogP contribution < -0.4 is 5.32 Å². The maximum absolute atomic E-state index is 11.6. The van der Waals surface area contributed by atoms with Gasteiger partial charge in [0, 0.05) is 5.38 Å². The van der Waals surface area contributed by atoms with Gasteiger partial charge in [-0.25, -0.2) is 4.79 Å². The molecule has 0 aromatic carbocycles. The molecule has 0 aliphatic rings. The summed E-state index contributed by atoms with van der Waals surface area (Å²) in [6, 6.07) is 1.53. The quantitative estimate of drug-likeness (QED) is 0.868. The van der Waals surface area contributed by atoms with Crippen molar-refractivity contribution in [3.63, 3.8) is 0 Å². The number of carbonyl (C=O) groups excluding carboxylic acids is 1. The zero-order valence-electron chi connectivity index (χ0n) is 7.71. The van der Waals surface area contributed by atoms with Crippen molar-refractivity contribution in [3.8, 4) is 0 Å². The number of nitrogens with one attached hydrogen (secondary N) is 1. The average molecular weight is 255 g/mol. The maximum Gasteiger partial charge on any atom is 0.348 e. The summed E-state index contributed by atoms with van der Waals surface area (Å²) >= 11 is 2.10. The minimum Gasteiger partial charge on any atom is -0.477 e. The molecule has 6 nitrogen and oxygen atoms in total. The van der Waals surface area contributed by atoms with E-state index >= 15 is 0 Å². The predicted molar refractivity (Wildman–Crippen MR) is 59.1 cm³/mol. The van der Waals surface area contributed by atoms with Gasteiger partial charge in [-0.05, 0) is 23.0 Å². The van der Waals surface area contributed by atoms with Gasteiger partial charge in [0.05, 0.1) is 5.69 Å². The molecule has 0 spiro atoms. The molecule has 2 aromatic heterocycles. The van der Waals surface area contributed by atoms with Gasteiger partial charge in [0.2, 0.25) is 0 Å². The van der Waals surface area contributed by atoms with Crippen molar-refractivity contribution < 1.29 is 14.7 Å². The smallest absolute Gasteiger partial charge is 0.348 e. The normalized spacial score (nSPS) is 10.0. The van der Waals surface area contributed by atoms with Crippen molar-refractivity contribution in [2.45, 2.75) is 0 Å². The summed E-state index contributed by atoms with van der Waals surface area (Å²) in [5, 5.41) is 18.0. The summed E-state index contributed by atoms with van der Waals surface area (Å²) in [5.41, 5.74) is 0.447. The highest BCUT2D eigenvalue weighted by molar-refractivity contribution is 7.12. The number of hydrogen-bond donors (Lipinski definition) is 2. The van der Waals surface area contributed by atoms with E-state index in [-0.39, 0.29) is 16.3 Å². The molecular formula is C8H5N3O3S2. The molecule has 0 unspecified atom stereocenters. The van der Waals surface area contributed by atoms with E-state index in [1.807, 2.05) is 0 Å². The Morgan fingerprint density at radius 1 is 1.44 bits per heavy atom. The second-order valence-electron chi connectivity index (χ2n) is 2.71. The van der Waals surface area contributed by atoms with Crippen molar-refractivity contribution in [2.24, 2.45) is 0 Å². The summed E-state index contributed by atoms with van der Waals surface area (Å²) in [7, 11) is 0. The van der Waals surface area contributed by atoms with Crippen LogP contribution in [0.3, 0.4) is 0 Å². The molecule has 0 bridgehead atoms. The highest BCUT2D eigenvalue weighted by atomic mass is 32.1. The SMILES string of the molecule is O=C(Nc1ccsc1C(=O)O)c1csnn1. The first kappa shape index (κ1) is 10.7. The van der Waals surface area contributed by atoms with E-state index in [1.165, 1.54) is 11.4 Å². The summed E-state index contributed by atoms with van der Waals surface area (Å²) in [6.07, 6.45) is 0. The molecule has 82 valence electrons. The van der Waals surface area contributed by atoms with Crippen molar-refractivity contribution in [2.75, 3.05) is 5.32 Å². The fourth-order valence-corrected chi connectivity index (χ4v) is 2.15. The molecule has 2 N–H and O–H groups in total. The number of amides is 1. The third kappa shape index (κ3) is 2.07. The summed E-state index contributed by atoms with van der Waals surface area (Å²) < 4.78 is 3.55. The summed E-state index contributed by atoms with van der Waals surface area (Å²) in [5.74, 6) is -1.53. The molecule has 0 saturated carbocycles. The van der Waals surface area contributed by atoms with Crippen LogP contribution in [-0.4, -0.2) is 26.6 Å². The van der Waals surface area contributed by atoms with Gasteiger partial charge >= 0.3 is 5.97 Å². The van der Waals surface area contributed by atoms with E-state index < -0.39 is 11.9 Å². The minimum absolute atomic E-state index is 0.0940. The minimum atomic E-state index is -1.07. The van der Waals surface area contributed by atoms with E-state index in [0.717, 1.165) is 22.9 Å². The highest BCUT2D eigenvalue weighted by Gasteiger charge is 2.15. The lowest BCUT2D eigenvalue weighted by Gasteiger charge is -2.00. The van der Waals surface area contributed by atoms with E-state index in [2.05, 4.69) is 14.9 Å². The first-order chi connectivity index (χ1) is 7.68.